The van der Waals surface area contributed by atoms with Crippen LogP contribution in [0.2, 0.25) is 5.02 Å². The number of halogens is 1. The minimum Gasteiger partial charge on any atom is -0.459 e. The standard InChI is InChI=1S/C29H32ClN7O/c1-19-14-36-18-31-13-21(36)15-37(19)28-23-10-12-35(26-8-4-6-20-5-3-7-24(30)27(20)26)17-25(23)32-29(33-28)38-22-9-11-34(2)16-22/h3-8,13,18-19,22H,9-12,14-17H2,1-2H3/t19-,22+/m1/s1. The van der Waals surface area contributed by atoms with Crippen molar-refractivity contribution in [1.82, 2.24) is 24.4 Å². The van der Waals surface area contributed by atoms with Crippen molar-refractivity contribution in [3.8, 4) is 6.01 Å². The van der Waals surface area contributed by atoms with E-state index in [2.05, 4.69) is 62.5 Å². The molecule has 2 atom stereocenters. The third kappa shape index (κ3) is 4.16. The van der Waals surface area contributed by atoms with Crippen molar-refractivity contribution in [2.45, 2.75) is 51.5 Å². The highest BCUT2D eigenvalue weighted by Crippen LogP contribution is 2.38. The van der Waals surface area contributed by atoms with Crippen molar-refractivity contribution in [3.05, 3.63) is 70.9 Å². The maximum Gasteiger partial charge on any atom is 0.318 e. The van der Waals surface area contributed by atoms with Gasteiger partial charge in [-0.2, -0.15) is 9.97 Å². The monoisotopic (exact) mass is 529 g/mol. The SMILES string of the molecule is C[C@@H]1Cn2cncc2CN1c1nc(O[C@H]2CCN(C)C2)nc2c1CCN(c1cccc3cccc(Cl)c13)C2. The molecule has 1 saturated heterocycles. The Hall–Kier alpha value is -3.36. The number of nitrogens with zero attached hydrogens (tertiary/aromatic N) is 7. The van der Waals surface area contributed by atoms with Crippen molar-refractivity contribution in [2.75, 3.05) is 36.5 Å². The number of aromatic nitrogens is 4. The van der Waals surface area contributed by atoms with Crippen LogP contribution in [0.4, 0.5) is 11.5 Å². The zero-order chi connectivity index (χ0) is 25.8. The molecule has 0 unspecified atom stereocenters. The molecule has 4 aromatic rings. The lowest BCUT2D eigenvalue weighted by Gasteiger charge is -2.38. The molecule has 3 aliphatic heterocycles. The maximum absolute atomic E-state index is 6.70. The molecule has 0 saturated carbocycles. The molecule has 0 aliphatic carbocycles. The Kier molecular flexibility index (Phi) is 5.89. The average Bonchev–Trinajstić information content (AvgIpc) is 3.55. The molecule has 2 aromatic carbocycles. The average molecular weight is 530 g/mol. The van der Waals surface area contributed by atoms with Gasteiger partial charge < -0.3 is 24.0 Å². The van der Waals surface area contributed by atoms with E-state index in [9.17, 15) is 0 Å². The number of likely N-dealkylation sites (N-methyl/N-ethyl adjacent to an activating group) is 1. The van der Waals surface area contributed by atoms with Crippen molar-refractivity contribution >= 4 is 33.9 Å². The number of fused-ring (bicyclic) bond motifs is 3. The van der Waals surface area contributed by atoms with Gasteiger partial charge in [0.15, 0.2) is 0 Å². The molecular formula is C29H32ClN7O. The Balaban J connectivity index is 1.28. The van der Waals surface area contributed by atoms with Crippen molar-refractivity contribution in [3.63, 3.8) is 0 Å². The number of hydrogen-bond donors (Lipinski definition) is 0. The normalized spacial score (nSPS) is 21.6. The summed E-state index contributed by atoms with van der Waals surface area (Å²) in [5, 5.41) is 3.02. The molecule has 0 radical (unpaired) electrons. The van der Waals surface area contributed by atoms with Crippen LogP contribution in [-0.2, 0) is 26.1 Å². The van der Waals surface area contributed by atoms with Gasteiger partial charge in [-0.15, -0.1) is 0 Å². The van der Waals surface area contributed by atoms with Crippen LogP contribution in [-0.4, -0.2) is 63.2 Å². The summed E-state index contributed by atoms with van der Waals surface area (Å²) in [6, 6.07) is 13.3. The molecule has 38 heavy (non-hydrogen) atoms. The number of imidazole rings is 1. The summed E-state index contributed by atoms with van der Waals surface area (Å²) in [5.41, 5.74) is 4.62. The summed E-state index contributed by atoms with van der Waals surface area (Å²) in [6.45, 7) is 7.42. The van der Waals surface area contributed by atoms with Gasteiger partial charge in [0.25, 0.3) is 0 Å². The topological polar surface area (TPSA) is 62.6 Å². The van der Waals surface area contributed by atoms with E-state index in [1.807, 2.05) is 24.7 Å². The third-order valence-electron chi connectivity index (χ3n) is 8.21. The molecule has 8 nitrogen and oxygen atoms in total. The molecule has 7 rings (SSSR count). The molecule has 196 valence electrons. The molecule has 0 N–H and O–H groups in total. The largest absolute Gasteiger partial charge is 0.459 e. The summed E-state index contributed by atoms with van der Waals surface area (Å²) in [5.74, 6) is 1.01. The van der Waals surface area contributed by atoms with E-state index in [1.54, 1.807) is 0 Å². The van der Waals surface area contributed by atoms with Crippen molar-refractivity contribution in [2.24, 2.45) is 0 Å². The van der Waals surface area contributed by atoms with E-state index in [0.717, 1.165) is 78.6 Å². The van der Waals surface area contributed by atoms with Crippen molar-refractivity contribution < 1.29 is 4.74 Å². The van der Waals surface area contributed by atoms with E-state index >= 15 is 0 Å². The first-order valence-electron chi connectivity index (χ1n) is 13.5. The summed E-state index contributed by atoms with van der Waals surface area (Å²) in [4.78, 5) is 21.6. The summed E-state index contributed by atoms with van der Waals surface area (Å²) in [7, 11) is 2.13. The number of benzene rings is 2. The highest BCUT2D eigenvalue weighted by Gasteiger charge is 2.32. The van der Waals surface area contributed by atoms with E-state index in [1.165, 1.54) is 11.3 Å². The van der Waals surface area contributed by atoms with E-state index in [4.69, 9.17) is 26.3 Å². The van der Waals surface area contributed by atoms with Crippen LogP contribution in [0.5, 0.6) is 6.01 Å². The van der Waals surface area contributed by atoms with E-state index in [0.29, 0.717) is 12.6 Å². The molecule has 2 aromatic heterocycles. The van der Waals surface area contributed by atoms with Crippen LogP contribution in [0.25, 0.3) is 10.8 Å². The predicted octanol–water partition coefficient (Wildman–Crippen LogP) is 4.53. The van der Waals surface area contributed by atoms with Crippen LogP contribution in [0.15, 0.2) is 48.9 Å². The van der Waals surface area contributed by atoms with Crippen LogP contribution in [0.1, 0.15) is 30.3 Å². The van der Waals surface area contributed by atoms with Gasteiger partial charge in [-0.3, -0.25) is 0 Å². The van der Waals surface area contributed by atoms with Crippen LogP contribution >= 0.6 is 11.6 Å². The number of hydrogen-bond acceptors (Lipinski definition) is 7. The first-order chi connectivity index (χ1) is 18.5. The lowest BCUT2D eigenvalue weighted by molar-refractivity contribution is 0.190. The van der Waals surface area contributed by atoms with Crippen LogP contribution in [0.3, 0.4) is 0 Å². The van der Waals surface area contributed by atoms with Gasteiger partial charge in [-0.05, 0) is 44.3 Å². The quantitative estimate of drug-likeness (QED) is 0.385. The van der Waals surface area contributed by atoms with E-state index < -0.39 is 0 Å². The highest BCUT2D eigenvalue weighted by atomic mass is 35.5. The summed E-state index contributed by atoms with van der Waals surface area (Å²) >= 11 is 6.70. The molecule has 3 aliphatic rings. The number of anilines is 2. The van der Waals surface area contributed by atoms with Crippen LogP contribution in [0, 0.1) is 0 Å². The van der Waals surface area contributed by atoms with E-state index in [-0.39, 0.29) is 12.1 Å². The van der Waals surface area contributed by atoms with Gasteiger partial charge in [0.05, 0.1) is 35.8 Å². The van der Waals surface area contributed by atoms with Gasteiger partial charge >= 0.3 is 6.01 Å². The fourth-order valence-corrected chi connectivity index (χ4v) is 6.48. The lowest BCUT2D eigenvalue weighted by Crippen LogP contribution is -2.43. The van der Waals surface area contributed by atoms with Crippen molar-refractivity contribution in [1.29, 1.82) is 0 Å². The Morgan fingerprint density at radius 1 is 1.03 bits per heavy atom. The van der Waals surface area contributed by atoms with Gasteiger partial charge in [0.2, 0.25) is 0 Å². The Bertz CT molecular complexity index is 1500. The van der Waals surface area contributed by atoms with Gasteiger partial charge in [0.1, 0.15) is 11.9 Å². The molecule has 1 fully saturated rings. The second kappa shape index (κ2) is 9.43. The summed E-state index contributed by atoms with van der Waals surface area (Å²) in [6.07, 6.45) is 5.86. The second-order valence-electron chi connectivity index (χ2n) is 10.8. The number of likely N-dealkylation sites (tertiary alicyclic amines) is 1. The molecular weight excluding hydrogens is 498 g/mol. The van der Waals surface area contributed by atoms with Gasteiger partial charge in [-0.1, -0.05) is 35.9 Å². The minimum absolute atomic E-state index is 0.114. The first-order valence-corrected chi connectivity index (χ1v) is 13.8. The fraction of sp³-hybridized carbons (Fsp3) is 0.414. The molecule has 0 bridgehead atoms. The molecule has 5 heterocycles. The Morgan fingerprint density at radius 3 is 2.74 bits per heavy atom. The maximum atomic E-state index is 6.70. The first kappa shape index (κ1) is 23.7. The fourth-order valence-electron chi connectivity index (χ4n) is 6.21. The number of rotatable bonds is 4. The smallest absolute Gasteiger partial charge is 0.318 e. The zero-order valence-electron chi connectivity index (χ0n) is 21.8. The highest BCUT2D eigenvalue weighted by molar-refractivity contribution is 6.36. The Morgan fingerprint density at radius 2 is 1.89 bits per heavy atom. The molecule has 9 heteroatoms. The third-order valence-corrected chi connectivity index (χ3v) is 8.53. The van der Waals surface area contributed by atoms with Crippen LogP contribution < -0.4 is 14.5 Å². The summed E-state index contributed by atoms with van der Waals surface area (Å²) < 4.78 is 8.66. The van der Waals surface area contributed by atoms with Gasteiger partial charge in [-0.25, -0.2) is 4.98 Å². The number of ether oxygens (including phenoxy) is 1. The van der Waals surface area contributed by atoms with Gasteiger partial charge in [0, 0.05) is 55.1 Å². The Labute approximate surface area is 227 Å². The minimum atomic E-state index is 0.114. The lowest BCUT2D eigenvalue weighted by atomic mass is 10.0. The zero-order valence-corrected chi connectivity index (χ0v) is 22.6. The molecule has 0 spiro atoms. The predicted molar refractivity (Wildman–Crippen MR) is 150 cm³/mol. The second-order valence-corrected chi connectivity index (χ2v) is 11.3. The molecule has 0 amide bonds.